The Labute approximate surface area is 75.6 Å². The molecule has 13 heavy (non-hydrogen) atoms. The maximum Gasteiger partial charge on any atom is 0.348 e. The highest BCUT2D eigenvalue weighted by Crippen LogP contribution is 2.21. The summed E-state index contributed by atoms with van der Waals surface area (Å²) in [6, 6.07) is 0. The van der Waals surface area contributed by atoms with E-state index in [9.17, 15) is 14.7 Å². The minimum Gasteiger partial charge on any atom is -0.507 e. The van der Waals surface area contributed by atoms with Gasteiger partial charge in [-0.3, -0.25) is 4.79 Å². The van der Waals surface area contributed by atoms with Gasteiger partial charge in [-0.15, -0.1) is 0 Å². The highest BCUT2D eigenvalue weighted by Gasteiger charge is 2.36. The SMILES string of the molecule is C[C@@H]1OC(=O)C(C(=O)N(C)C)=C1O. The second-order valence-electron chi connectivity index (χ2n) is 3.01. The van der Waals surface area contributed by atoms with Crippen LogP contribution in [0.5, 0.6) is 0 Å². The van der Waals surface area contributed by atoms with E-state index in [1.807, 2.05) is 0 Å². The first kappa shape index (κ1) is 9.57. The van der Waals surface area contributed by atoms with Gasteiger partial charge in [0.2, 0.25) is 0 Å². The van der Waals surface area contributed by atoms with Crippen LogP contribution in [0.25, 0.3) is 0 Å². The number of aliphatic hydroxyl groups is 1. The number of amides is 1. The Balaban J connectivity index is 3.02. The molecule has 1 heterocycles. The van der Waals surface area contributed by atoms with Crippen molar-refractivity contribution in [2.45, 2.75) is 13.0 Å². The number of aliphatic hydroxyl groups excluding tert-OH is 1. The van der Waals surface area contributed by atoms with Gasteiger partial charge in [-0.2, -0.15) is 0 Å². The average molecular weight is 185 g/mol. The van der Waals surface area contributed by atoms with E-state index in [1.165, 1.54) is 25.9 Å². The third kappa shape index (κ3) is 1.49. The van der Waals surface area contributed by atoms with Crippen molar-refractivity contribution in [3.63, 3.8) is 0 Å². The molecule has 5 nitrogen and oxygen atoms in total. The van der Waals surface area contributed by atoms with Crippen molar-refractivity contribution in [1.29, 1.82) is 0 Å². The summed E-state index contributed by atoms with van der Waals surface area (Å²) in [6.07, 6.45) is -0.716. The Bertz CT molecular complexity index is 293. The first-order valence-corrected chi connectivity index (χ1v) is 3.81. The van der Waals surface area contributed by atoms with E-state index in [0.29, 0.717) is 0 Å². The lowest BCUT2D eigenvalue weighted by atomic mass is 10.2. The lowest BCUT2D eigenvalue weighted by Gasteiger charge is -2.08. The number of likely N-dealkylation sites (N-methyl/N-ethyl adjacent to an activating group) is 1. The standard InChI is InChI=1S/C8H11NO4/c1-4-6(10)5(8(12)13-4)7(11)9(2)3/h4,10H,1-3H3/t4-/m0/s1. The van der Waals surface area contributed by atoms with Gasteiger partial charge in [-0.1, -0.05) is 0 Å². The smallest absolute Gasteiger partial charge is 0.348 e. The quantitative estimate of drug-likeness (QED) is 0.455. The summed E-state index contributed by atoms with van der Waals surface area (Å²) < 4.78 is 4.65. The Hall–Kier alpha value is -1.52. The number of hydrogen-bond donors (Lipinski definition) is 1. The zero-order valence-electron chi connectivity index (χ0n) is 7.70. The minimum atomic E-state index is -0.760. The molecular weight excluding hydrogens is 174 g/mol. The fourth-order valence-electron chi connectivity index (χ4n) is 1.00. The second kappa shape index (κ2) is 3.08. The fraction of sp³-hybridized carbons (Fsp3) is 0.500. The molecule has 0 spiro atoms. The lowest BCUT2D eigenvalue weighted by molar-refractivity contribution is -0.141. The molecule has 1 amide bonds. The molecule has 1 N–H and O–H groups in total. The molecule has 0 unspecified atom stereocenters. The predicted molar refractivity (Wildman–Crippen MR) is 43.9 cm³/mol. The summed E-state index contributed by atoms with van der Waals surface area (Å²) in [5, 5.41) is 9.33. The third-order valence-corrected chi connectivity index (χ3v) is 1.75. The molecule has 1 rings (SSSR count). The monoisotopic (exact) mass is 185 g/mol. The molecule has 0 aromatic heterocycles. The minimum absolute atomic E-state index is 0.266. The van der Waals surface area contributed by atoms with E-state index in [0.717, 1.165) is 0 Å². The topological polar surface area (TPSA) is 66.8 Å². The van der Waals surface area contributed by atoms with Crippen molar-refractivity contribution in [2.75, 3.05) is 14.1 Å². The molecule has 1 atom stereocenters. The molecule has 72 valence electrons. The molecule has 0 radical (unpaired) electrons. The number of carbonyl (C=O) groups is 2. The second-order valence-corrected chi connectivity index (χ2v) is 3.01. The van der Waals surface area contributed by atoms with Crippen molar-refractivity contribution in [3.8, 4) is 0 Å². The van der Waals surface area contributed by atoms with Crippen LogP contribution in [0.3, 0.4) is 0 Å². The zero-order chi connectivity index (χ0) is 10.2. The Morgan fingerprint density at radius 2 is 2.08 bits per heavy atom. The van der Waals surface area contributed by atoms with E-state index in [2.05, 4.69) is 4.74 Å². The normalized spacial score (nSPS) is 21.8. The summed E-state index contributed by atoms with van der Waals surface area (Å²) in [4.78, 5) is 23.6. The zero-order valence-corrected chi connectivity index (χ0v) is 7.70. The number of cyclic esters (lactones) is 1. The van der Waals surface area contributed by atoms with Crippen LogP contribution in [0.15, 0.2) is 11.3 Å². The first-order valence-electron chi connectivity index (χ1n) is 3.81. The molecule has 0 fully saturated rings. The number of nitrogens with zero attached hydrogens (tertiary/aromatic N) is 1. The van der Waals surface area contributed by atoms with Crippen LogP contribution in [0.4, 0.5) is 0 Å². The Kier molecular flexibility index (Phi) is 2.27. The third-order valence-electron chi connectivity index (χ3n) is 1.75. The maximum absolute atomic E-state index is 11.3. The number of hydrogen-bond acceptors (Lipinski definition) is 4. The van der Waals surface area contributed by atoms with E-state index in [-0.39, 0.29) is 11.3 Å². The number of carbonyl (C=O) groups excluding carboxylic acids is 2. The predicted octanol–water partition coefficient (Wildman–Crippen LogP) is -0.168. The van der Waals surface area contributed by atoms with E-state index in [4.69, 9.17) is 0 Å². The van der Waals surface area contributed by atoms with Gasteiger partial charge in [-0.05, 0) is 6.92 Å². The van der Waals surface area contributed by atoms with Crippen LogP contribution in [-0.4, -0.2) is 42.1 Å². The average Bonchev–Trinajstić information content (AvgIpc) is 2.26. The summed E-state index contributed by atoms with van der Waals surface area (Å²) in [7, 11) is 3.00. The largest absolute Gasteiger partial charge is 0.507 e. The van der Waals surface area contributed by atoms with Gasteiger partial charge < -0.3 is 14.7 Å². The van der Waals surface area contributed by atoms with Crippen LogP contribution < -0.4 is 0 Å². The molecule has 0 bridgehead atoms. The number of esters is 1. The van der Waals surface area contributed by atoms with Crippen molar-refractivity contribution in [3.05, 3.63) is 11.3 Å². The number of ether oxygens (including phenoxy) is 1. The van der Waals surface area contributed by atoms with E-state index in [1.54, 1.807) is 0 Å². The molecule has 0 aliphatic carbocycles. The molecule has 5 heteroatoms. The molecule has 0 saturated heterocycles. The van der Waals surface area contributed by atoms with Crippen LogP contribution in [0.1, 0.15) is 6.92 Å². The Morgan fingerprint density at radius 3 is 2.38 bits per heavy atom. The van der Waals surface area contributed by atoms with Gasteiger partial charge in [0.1, 0.15) is 0 Å². The van der Waals surface area contributed by atoms with Gasteiger partial charge in [0.15, 0.2) is 17.4 Å². The number of rotatable bonds is 1. The highest BCUT2D eigenvalue weighted by atomic mass is 16.6. The van der Waals surface area contributed by atoms with Gasteiger partial charge in [0, 0.05) is 14.1 Å². The van der Waals surface area contributed by atoms with Gasteiger partial charge in [0.25, 0.3) is 5.91 Å². The van der Waals surface area contributed by atoms with Crippen molar-refractivity contribution in [2.24, 2.45) is 0 Å². The lowest BCUT2D eigenvalue weighted by Crippen LogP contribution is -2.26. The molecular formula is C8H11NO4. The van der Waals surface area contributed by atoms with Gasteiger partial charge in [0.05, 0.1) is 0 Å². The molecule has 1 aliphatic rings. The summed E-state index contributed by atoms with van der Waals surface area (Å²) in [5.41, 5.74) is -0.266. The molecule has 0 aromatic rings. The summed E-state index contributed by atoms with van der Waals surface area (Å²) in [5.74, 6) is -1.58. The van der Waals surface area contributed by atoms with E-state index >= 15 is 0 Å². The van der Waals surface area contributed by atoms with Crippen LogP contribution in [-0.2, 0) is 14.3 Å². The van der Waals surface area contributed by atoms with Crippen molar-refractivity contribution < 1.29 is 19.4 Å². The molecule has 1 aliphatic heterocycles. The van der Waals surface area contributed by atoms with Crippen LogP contribution in [0.2, 0.25) is 0 Å². The highest BCUT2D eigenvalue weighted by molar-refractivity contribution is 6.17. The summed E-state index contributed by atoms with van der Waals surface area (Å²) >= 11 is 0. The van der Waals surface area contributed by atoms with Crippen LogP contribution in [0, 0.1) is 0 Å². The van der Waals surface area contributed by atoms with E-state index < -0.39 is 18.0 Å². The van der Waals surface area contributed by atoms with Gasteiger partial charge >= 0.3 is 5.97 Å². The fourth-order valence-corrected chi connectivity index (χ4v) is 1.00. The molecule has 0 saturated carbocycles. The molecule has 0 aromatic carbocycles. The van der Waals surface area contributed by atoms with Gasteiger partial charge in [-0.25, -0.2) is 4.79 Å². The van der Waals surface area contributed by atoms with Crippen molar-refractivity contribution in [1.82, 2.24) is 4.90 Å². The maximum atomic E-state index is 11.3. The first-order chi connectivity index (χ1) is 5.95. The van der Waals surface area contributed by atoms with Crippen molar-refractivity contribution >= 4 is 11.9 Å². The Morgan fingerprint density at radius 1 is 1.54 bits per heavy atom. The summed E-state index contributed by atoms with van der Waals surface area (Å²) in [6.45, 7) is 1.50. The van der Waals surface area contributed by atoms with Crippen LogP contribution >= 0.6 is 0 Å².